The second-order valence-corrected chi connectivity index (χ2v) is 7.46. The van der Waals surface area contributed by atoms with Crippen molar-refractivity contribution in [3.05, 3.63) is 47.5 Å². The van der Waals surface area contributed by atoms with E-state index >= 15 is 0 Å². The topological polar surface area (TPSA) is 76.4 Å². The number of hydrogen-bond donors (Lipinski definition) is 2. The van der Waals surface area contributed by atoms with Gasteiger partial charge in [0.1, 0.15) is 12.4 Å². The summed E-state index contributed by atoms with van der Waals surface area (Å²) >= 11 is 0. The summed E-state index contributed by atoms with van der Waals surface area (Å²) in [6, 6.07) is 10.5. The van der Waals surface area contributed by atoms with E-state index in [-0.39, 0.29) is 6.04 Å². The zero-order chi connectivity index (χ0) is 19.8. The van der Waals surface area contributed by atoms with Gasteiger partial charge < -0.3 is 19.9 Å². The molecule has 2 N–H and O–H groups in total. The Balaban J connectivity index is 1.54. The first kappa shape index (κ1) is 20.3. The van der Waals surface area contributed by atoms with Crippen molar-refractivity contribution in [3.8, 4) is 0 Å². The van der Waals surface area contributed by atoms with Crippen LogP contribution in [0.5, 0.6) is 0 Å². The maximum absolute atomic E-state index is 5.72. The number of aliphatic imine (C=N–C) groups is 1. The highest BCUT2D eigenvalue weighted by Crippen LogP contribution is 2.28. The van der Waals surface area contributed by atoms with E-state index in [1.807, 2.05) is 24.6 Å². The molecule has 0 saturated heterocycles. The van der Waals surface area contributed by atoms with E-state index in [1.165, 1.54) is 18.4 Å². The number of rotatable bonds is 10. The zero-order valence-corrected chi connectivity index (χ0v) is 17.2. The Bertz CT molecular complexity index is 754. The highest BCUT2D eigenvalue weighted by Gasteiger charge is 2.20. The van der Waals surface area contributed by atoms with Crippen molar-refractivity contribution >= 4 is 5.96 Å². The summed E-state index contributed by atoms with van der Waals surface area (Å²) in [4.78, 5) is 4.72. The molecule has 0 amide bonds. The maximum atomic E-state index is 5.72. The Morgan fingerprint density at radius 2 is 2.07 bits per heavy atom. The van der Waals surface area contributed by atoms with Gasteiger partial charge in [-0.2, -0.15) is 0 Å². The van der Waals surface area contributed by atoms with E-state index in [0.29, 0.717) is 6.54 Å². The molecule has 1 unspecified atom stereocenters. The molecule has 1 aromatic heterocycles. The van der Waals surface area contributed by atoms with Crippen LogP contribution in [0.1, 0.15) is 49.4 Å². The molecular formula is C21H32N6O. The van der Waals surface area contributed by atoms with Gasteiger partial charge in [-0.1, -0.05) is 30.3 Å². The number of benzene rings is 1. The van der Waals surface area contributed by atoms with Gasteiger partial charge >= 0.3 is 0 Å². The van der Waals surface area contributed by atoms with Gasteiger partial charge in [0.25, 0.3) is 0 Å². The van der Waals surface area contributed by atoms with E-state index in [0.717, 1.165) is 49.7 Å². The van der Waals surface area contributed by atoms with Crippen LogP contribution in [0, 0.1) is 12.8 Å². The van der Waals surface area contributed by atoms with Crippen LogP contribution in [0.3, 0.4) is 0 Å². The molecule has 1 aliphatic rings. The zero-order valence-electron chi connectivity index (χ0n) is 17.2. The second kappa shape index (κ2) is 10.2. The van der Waals surface area contributed by atoms with Crippen LogP contribution in [0.4, 0.5) is 0 Å². The molecule has 3 rings (SSSR count). The largest absolute Gasteiger partial charge is 0.381 e. The van der Waals surface area contributed by atoms with Crippen molar-refractivity contribution in [2.45, 2.75) is 45.7 Å². The van der Waals surface area contributed by atoms with Gasteiger partial charge in [0.2, 0.25) is 0 Å². The van der Waals surface area contributed by atoms with Crippen LogP contribution in [0.2, 0.25) is 0 Å². The minimum atomic E-state index is 0.153. The van der Waals surface area contributed by atoms with Crippen LogP contribution in [-0.2, 0) is 18.3 Å². The minimum absolute atomic E-state index is 0.153. The standard InChI is InChI=1S/C21H32N6O/c1-16(19-8-5-4-6-9-19)24-21(22-12-7-13-28-15-18-10-11-18)23-14-20-26-25-17(2)27(20)3/h4-6,8-9,16,18H,7,10-15H2,1-3H3,(H2,22,23,24). The van der Waals surface area contributed by atoms with Gasteiger partial charge in [-0.15, -0.1) is 10.2 Å². The number of guanidine groups is 1. The highest BCUT2D eigenvalue weighted by molar-refractivity contribution is 5.80. The van der Waals surface area contributed by atoms with Crippen molar-refractivity contribution in [2.24, 2.45) is 18.0 Å². The summed E-state index contributed by atoms with van der Waals surface area (Å²) in [6.07, 6.45) is 3.62. The summed E-state index contributed by atoms with van der Waals surface area (Å²) in [6.45, 7) is 7.07. The Morgan fingerprint density at radius 3 is 2.75 bits per heavy atom. The number of aryl methyl sites for hydroxylation is 1. The molecular weight excluding hydrogens is 352 g/mol. The average Bonchev–Trinajstić information content (AvgIpc) is 3.49. The van der Waals surface area contributed by atoms with Crippen LogP contribution < -0.4 is 10.6 Å². The van der Waals surface area contributed by atoms with E-state index in [1.54, 1.807) is 0 Å². The molecule has 0 bridgehead atoms. The third-order valence-corrected chi connectivity index (χ3v) is 5.02. The molecule has 0 aliphatic heterocycles. The number of nitrogens with one attached hydrogen (secondary N) is 2. The molecule has 2 aromatic rings. The van der Waals surface area contributed by atoms with E-state index < -0.39 is 0 Å². The van der Waals surface area contributed by atoms with E-state index in [4.69, 9.17) is 9.73 Å². The van der Waals surface area contributed by atoms with Crippen LogP contribution in [0.15, 0.2) is 35.3 Å². The minimum Gasteiger partial charge on any atom is -0.381 e. The van der Waals surface area contributed by atoms with Crippen LogP contribution in [0.25, 0.3) is 0 Å². The van der Waals surface area contributed by atoms with Gasteiger partial charge in [0, 0.05) is 26.8 Å². The number of ether oxygens (including phenoxy) is 1. The first-order chi connectivity index (χ1) is 13.6. The van der Waals surface area contributed by atoms with Crippen LogP contribution in [-0.4, -0.2) is 40.5 Å². The lowest BCUT2D eigenvalue weighted by Gasteiger charge is -2.19. The molecule has 152 valence electrons. The fraction of sp³-hybridized carbons (Fsp3) is 0.571. The van der Waals surface area contributed by atoms with Crippen molar-refractivity contribution in [3.63, 3.8) is 0 Å². The van der Waals surface area contributed by atoms with Gasteiger partial charge in [0.15, 0.2) is 11.8 Å². The van der Waals surface area contributed by atoms with Crippen molar-refractivity contribution in [1.29, 1.82) is 0 Å². The highest BCUT2D eigenvalue weighted by atomic mass is 16.5. The lowest BCUT2D eigenvalue weighted by atomic mass is 10.1. The summed E-state index contributed by atoms with van der Waals surface area (Å²) in [5, 5.41) is 15.2. The fourth-order valence-electron chi connectivity index (χ4n) is 2.84. The first-order valence-corrected chi connectivity index (χ1v) is 10.2. The van der Waals surface area contributed by atoms with Gasteiger partial charge in [-0.3, -0.25) is 0 Å². The van der Waals surface area contributed by atoms with E-state index in [9.17, 15) is 0 Å². The molecule has 1 heterocycles. The van der Waals surface area contributed by atoms with Crippen molar-refractivity contribution in [1.82, 2.24) is 25.4 Å². The molecule has 0 radical (unpaired) electrons. The predicted molar refractivity (Wildman–Crippen MR) is 111 cm³/mol. The normalized spacial score (nSPS) is 15.5. The quantitative estimate of drug-likeness (QED) is 0.374. The molecule has 0 spiro atoms. The number of nitrogens with zero attached hydrogens (tertiary/aromatic N) is 4. The average molecular weight is 385 g/mol. The fourth-order valence-corrected chi connectivity index (χ4v) is 2.84. The smallest absolute Gasteiger partial charge is 0.192 e. The molecule has 1 aromatic carbocycles. The Kier molecular flexibility index (Phi) is 7.42. The third-order valence-electron chi connectivity index (χ3n) is 5.02. The van der Waals surface area contributed by atoms with E-state index in [2.05, 4.69) is 52.0 Å². The molecule has 1 saturated carbocycles. The monoisotopic (exact) mass is 384 g/mol. The molecule has 7 heteroatoms. The SMILES string of the molecule is Cc1nnc(CN=C(NCCCOCC2CC2)NC(C)c2ccccc2)n1C. The van der Waals surface area contributed by atoms with Crippen molar-refractivity contribution in [2.75, 3.05) is 19.8 Å². The first-order valence-electron chi connectivity index (χ1n) is 10.2. The van der Waals surface area contributed by atoms with Crippen LogP contribution >= 0.6 is 0 Å². The summed E-state index contributed by atoms with van der Waals surface area (Å²) in [5.74, 6) is 3.32. The summed E-state index contributed by atoms with van der Waals surface area (Å²) in [5.41, 5.74) is 1.22. The van der Waals surface area contributed by atoms with Crippen molar-refractivity contribution < 1.29 is 4.74 Å². The van der Waals surface area contributed by atoms with Gasteiger partial charge in [0.05, 0.1) is 6.04 Å². The lowest BCUT2D eigenvalue weighted by Crippen LogP contribution is -2.39. The molecule has 1 fully saturated rings. The Morgan fingerprint density at radius 1 is 1.29 bits per heavy atom. The number of aromatic nitrogens is 3. The second-order valence-electron chi connectivity index (χ2n) is 7.46. The molecule has 28 heavy (non-hydrogen) atoms. The maximum Gasteiger partial charge on any atom is 0.192 e. The summed E-state index contributed by atoms with van der Waals surface area (Å²) in [7, 11) is 1.96. The third kappa shape index (κ3) is 6.34. The summed E-state index contributed by atoms with van der Waals surface area (Å²) < 4.78 is 7.68. The Labute approximate surface area is 167 Å². The van der Waals surface area contributed by atoms with Gasteiger partial charge in [-0.05, 0) is 44.6 Å². The lowest BCUT2D eigenvalue weighted by molar-refractivity contribution is 0.123. The molecule has 1 aliphatic carbocycles. The number of hydrogen-bond acceptors (Lipinski definition) is 4. The molecule has 7 nitrogen and oxygen atoms in total. The van der Waals surface area contributed by atoms with Gasteiger partial charge in [-0.25, -0.2) is 4.99 Å². The Hall–Kier alpha value is -2.41. The predicted octanol–water partition coefficient (Wildman–Crippen LogP) is 2.74. The molecule has 1 atom stereocenters.